The zero-order valence-electron chi connectivity index (χ0n) is 14.4. The molecule has 0 saturated heterocycles. The standard InChI is InChI=1S/C19H17N5O2/c1-12(25)14-6-8-16(9-7-14)22-19-23-18(11-20-24-19)21-17-5-3-4-15(10-17)13(2)26/h3-11H,1-2H3,(H2,21,22,23,24). The number of nitrogens with one attached hydrogen (secondary N) is 2. The Morgan fingerprint density at radius 3 is 2.27 bits per heavy atom. The zero-order valence-corrected chi connectivity index (χ0v) is 14.4. The summed E-state index contributed by atoms with van der Waals surface area (Å²) in [5, 5.41) is 14.0. The molecule has 2 aromatic carbocycles. The van der Waals surface area contributed by atoms with Crippen molar-refractivity contribution < 1.29 is 9.59 Å². The first-order valence-corrected chi connectivity index (χ1v) is 7.97. The van der Waals surface area contributed by atoms with Gasteiger partial charge in [0.2, 0.25) is 5.95 Å². The van der Waals surface area contributed by atoms with Crippen molar-refractivity contribution in [3.05, 3.63) is 65.9 Å². The fourth-order valence-electron chi connectivity index (χ4n) is 2.30. The molecule has 1 heterocycles. The lowest BCUT2D eigenvalue weighted by atomic mass is 10.1. The number of nitrogens with zero attached hydrogens (tertiary/aromatic N) is 3. The maximum absolute atomic E-state index is 11.5. The number of aromatic nitrogens is 3. The van der Waals surface area contributed by atoms with E-state index in [-0.39, 0.29) is 11.6 Å². The predicted octanol–water partition coefficient (Wildman–Crippen LogP) is 3.76. The molecule has 3 rings (SSSR count). The van der Waals surface area contributed by atoms with E-state index in [0.29, 0.717) is 22.9 Å². The summed E-state index contributed by atoms with van der Waals surface area (Å²) in [6, 6.07) is 14.1. The molecule has 3 aromatic rings. The highest BCUT2D eigenvalue weighted by atomic mass is 16.1. The van der Waals surface area contributed by atoms with E-state index in [1.54, 1.807) is 42.5 Å². The average Bonchev–Trinajstić information content (AvgIpc) is 2.62. The van der Waals surface area contributed by atoms with Gasteiger partial charge in [0.1, 0.15) is 0 Å². The Morgan fingerprint density at radius 2 is 1.58 bits per heavy atom. The Balaban J connectivity index is 1.75. The summed E-state index contributed by atoms with van der Waals surface area (Å²) in [5.74, 6) is 0.802. The lowest BCUT2D eigenvalue weighted by Crippen LogP contribution is -2.03. The number of hydrogen-bond acceptors (Lipinski definition) is 7. The van der Waals surface area contributed by atoms with Crippen LogP contribution in [-0.4, -0.2) is 26.7 Å². The first-order valence-electron chi connectivity index (χ1n) is 7.97. The summed E-state index contributed by atoms with van der Waals surface area (Å²) in [6.45, 7) is 3.04. The van der Waals surface area contributed by atoms with Crippen LogP contribution in [0.1, 0.15) is 34.6 Å². The van der Waals surface area contributed by atoms with Gasteiger partial charge in [0.05, 0.1) is 6.20 Å². The number of Topliss-reactive ketones (excluding diaryl/α,β-unsaturated/α-hetero) is 2. The van der Waals surface area contributed by atoms with Gasteiger partial charge in [-0.3, -0.25) is 9.59 Å². The maximum atomic E-state index is 11.5. The summed E-state index contributed by atoms with van der Waals surface area (Å²) in [6.07, 6.45) is 1.49. The molecule has 0 spiro atoms. The summed E-state index contributed by atoms with van der Waals surface area (Å²) in [7, 11) is 0. The van der Waals surface area contributed by atoms with Crippen LogP contribution < -0.4 is 10.6 Å². The van der Waals surface area contributed by atoms with E-state index in [0.717, 1.165) is 11.4 Å². The minimum atomic E-state index is -0.00849. The van der Waals surface area contributed by atoms with E-state index < -0.39 is 0 Å². The number of ketones is 2. The molecule has 26 heavy (non-hydrogen) atoms. The molecule has 0 unspecified atom stereocenters. The Bertz CT molecular complexity index is 954. The largest absolute Gasteiger partial charge is 0.339 e. The first kappa shape index (κ1) is 17.2. The molecule has 130 valence electrons. The Labute approximate surface area is 150 Å². The zero-order chi connectivity index (χ0) is 18.5. The second kappa shape index (κ2) is 7.52. The molecule has 7 nitrogen and oxygen atoms in total. The van der Waals surface area contributed by atoms with Crippen molar-refractivity contribution in [2.24, 2.45) is 0 Å². The van der Waals surface area contributed by atoms with Gasteiger partial charge in [-0.15, -0.1) is 5.10 Å². The summed E-state index contributed by atoms with van der Waals surface area (Å²) >= 11 is 0. The third-order valence-corrected chi connectivity index (χ3v) is 3.65. The first-order chi connectivity index (χ1) is 12.5. The molecule has 1 aromatic heterocycles. The fraction of sp³-hybridized carbons (Fsp3) is 0.105. The van der Waals surface area contributed by atoms with E-state index in [4.69, 9.17) is 0 Å². The molecule has 0 aliphatic carbocycles. The molecular formula is C19H17N5O2. The lowest BCUT2D eigenvalue weighted by molar-refractivity contribution is 0.100. The van der Waals surface area contributed by atoms with Crippen LogP contribution >= 0.6 is 0 Å². The highest BCUT2D eigenvalue weighted by molar-refractivity contribution is 5.95. The number of benzene rings is 2. The number of hydrogen-bond donors (Lipinski definition) is 2. The van der Waals surface area contributed by atoms with Crippen LogP contribution in [0.5, 0.6) is 0 Å². The summed E-state index contributed by atoms with van der Waals surface area (Å²) in [4.78, 5) is 27.1. The van der Waals surface area contributed by atoms with E-state index in [1.807, 2.05) is 6.07 Å². The van der Waals surface area contributed by atoms with Gasteiger partial charge in [-0.25, -0.2) is 0 Å². The summed E-state index contributed by atoms with van der Waals surface area (Å²) in [5.41, 5.74) is 2.72. The predicted molar refractivity (Wildman–Crippen MR) is 99.3 cm³/mol. The van der Waals surface area contributed by atoms with Crippen molar-refractivity contribution >= 4 is 34.7 Å². The van der Waals surface area contributed by atoms with Crippen LogP contribution in [0.4, 0.5) is 23.1 Å². The van der Waals surface area contributed by atoms with Crippen molar-refractivity contribution in [1.82, 2.24) is 15.2 Å². The summed E-state index contributed by atoms with van der Waals surface area (Å²) < 4.78 is 0. The topological polar surface area (TPSA) is 96.9 Å². The van der Waals surface area contributed by atoms with Gasteiger partial charge < -0.3 is 10.6 Å². The van der Waals surface area contributed by atoms with Crippen LogP contribution in [0.25, 0.3) is 0 Å². The molecule has 7 heteroatoms. The highest BCUT2D eigenvalue weighted by Gasteiger charge is 2.05. The highest BCUT2D eigenvalue weighted by Crippen LogP contribution is 2.18. The van der Waals surface area contributed by atoms with Gasteiger partial charge in [-0.1, -0.05) is 12.1 Å². The third-order valence-electron chi connectivity index (χ3n) is 3.65. The Hall–Kier alpha value is -3.61. The number of carbonyl (C=O) groups is 2. The number of rotatable bonds is 6. The Kier molecular flexibility index (Phi) is 4.98. The smallest absolute Gasteiger partial charge is 0.249 e. The van der Waals surface area contributed by atoms with E-state index >= 15 is 0 Å². The van der Waals surface area contributed by atoms with Crippen LogP contribution in [0.2, 0.25) is 0 Å². The Morgan fingerprint density at radius 1 is 0.846 bits per heavy atom. The number of carbonyl (C=O) groups excluding carboxylic acids is 2. The molecule has 0 aliphatic heterocycles. The molecule has 0 atom stereocenters. The molecule has 0 amide bonds. The third kappa shape index (κ3) is 4.27. The fourth-order valence-corrected chi connectivity index (χ4v) is 2.30. The van der Waals surface area contributed by atoms with Crippen molar-refractivity contribution in [2.75, 3.05) is 10.6 Å². The van der Waals surface area contributed by atoms with Crippen LogP contribution in [0, 0.1) is 0 Å². The lowest BCUT2D eigenvalue weighted by Gasteiger charge is -2.08. The molecule has 0 fully saturated rings. The monoisotopic (exact) mass is 347 g/mol. The number of anilines is 4. The quantitative estimate of drug-likeness (QED) is 0.655. The molecule has 0 saturated carbocycles. The van der Waals surface area contributed by atoms with Gasteiger partial charge in [0, 0.05) is 22.5 Å². The molecule has 0 radical (unpaired) electrons. The second-order valence-electron chi connectivity index (χ2n) is 5.69. The van der Waals surface area contributed by atoms with E-state index in [9.17, 15) is 9.59 Å². The minimum absolute atomic E-state index is 0.00783. The minimum Gasteiger partial charge on any atom is -0.339 e. The molecule has 0 aliphatic rings. The van der Waals surface area contributed by atoms with E-state index in [1.165, 1.54) is 20.0 Å². The van der Waals surface area contributed by atoms with Gasteiger partial charge in [0.15, 0.2) is 17.4 Å². The maximum Gasteiger partial charge on any atom is 0.249 e. The van der Waals surface area contributed by atoms with Crippen molar-refractivity contribution in [3.63, 3.8) is 0 Å². The van der Waals surface area contributed by atoms with Crippen LogP contribution in [-0.2, 0) is 0 Å². The van der Waals surface area contributed by atoms with Crippen molar-refractivity contribution in [2.45, 2.75) is 13.8 Å². The SMILES string of the molecule is CC(=O)c1ccc(Nc2nncc(Nc3cccc(C(C)=O)c3)n2)cc1. The van der Waals surface area contributed by atoms with Crippen LogP contribution in [0.3, 0.4) is 0 Å². The van der Waals surface area contributed by atoms with Crippen LogP contribution in [0.15, 0.2) is 54.7 Å². The van der Waals surface area contributed by atoms with Crippen molar-refractivity contribution in [3.8, 4) is 0 Å². The van der Waals surface area contributed by atoms with Gasteiger partial charge in [0.25, 0.3) is 0 Å². The van der Waals surface area contributed by atoms with Gasteiger partial charge in [-0.05, 0) is 50.2 Å². The van der Waals surface area contributed by atoms with Gasteiger partial charge >= 0.3 is 0 Å². The molecule has 0 bridgehead atoms. The van der Waals surface area contributed by atoms with Gasteiger partial charge in [-0.2, -0.15) is 10.1 Å². The molecule has 2 N–H and O–H groups in total. The normalized spacial score (nSPS) is 10.2. The molecular weight excluding hydrogens is 330 g/mol. The second-order valence-corrected chi connectivity index (χ2v) is 5.69. The van der Waals surface area contributed by atoms with E-state index in [2.05, 4.69) is 25.8 Å². The average molecular weight is 347 g/mol. The van der Waals surface area contributed by atoms with Crippen molar-refractivity contribution in [1.29, 1.82) is 0 Å².